The summed E-state index contributed by atoms with van der Waals surface area (Å²) in [7, 11) is 1.74. The van der Waals surface area contributed by atoms with E-state index in [1.807, 2.05) is 0 Å². The molecule has 104 valence electrons. The average Bonchev–Trinajstić information content (AvgIpc) is 2.83. The Morgan fingerprint density at radius 2 is 2.00 bits per heavy atom. The van der Waals surface area contributed by atoms with Gasteiger partial charge in [0.2, 0.25) is 5.91 Å². The van der Waals surface area contributed by atoms with Crippen LogP contribution in [0, 0.1) is 10.8 Å². The Labute approximate surface area is 110 Å². The van der Waals surface area contributed by atoms with Crippen molar-refractivity contribution in [2.75, 3.05) is 13.7 Å². The summed E-state index contributed by atoms with van der Waals surface area (Å²) in [5, 5.41) is 3.21. The van der Waals surface area contributed by atoms with E-state index in [0.29, 0.717) is 6.54 Å². The minimum Gasteiger partial charge on any atom is -0.381 e. The molecule has 4 heteroatoms. The summed E-state index contributed by atoms with van der Waals surface area (Å²) in [6, 6.07) is 0.221. The molecule has 4 nitrogen and oxygen atoms in total. The van der Waals surface area contributed by atoms with Crippen molar-refractivity contribution in [2.24, 2.45) is 16.6 Å². The first kappa shape index (κ1) is 13.8. The zero-order chi connectivity index (χ0) is 13.4. The van der Waals surface area contributed by atoms with Gasteiger partial charge in [0.25, 0.3) is 0 Å². The fourth-order valence-corrected chi connectivity index (χ4v) is 3.42. The van der Waals surface area contributed by atoms with Crippen molar-refractivity contribution < 1.29 is 9.53 Å². The summed E-state index contributed by atoms with van der Waals surface area (Å²) in [6.45, 7) is 4.78. The SMILES string of the molecule is COC1CC(NC(=O)C2(CN)CCCC2)C1(C)C. The van der Waals surface area contributed by atoms with Crippen molar-refractivity contribution >= 4 is 5.91 Å². The molecule has 2 atom stereocenters. The van der Waals surface area contributed by atoms with Crippen LogP contribution in [0.15, 0.2) is 0 Å². The number of nitrogens with one attached hydrogen (secondary N) is 1. The van der Waals surface area contributed by atoms with Gasteiger partial charge in [0, 0.05) is 25.1 Å². The Morgan fingerprint density at radius 3 is 2.44 bits per heavy atom. The van der Waals surface area contributed by atoms with Gasteiger partial charge in [-0.3, -0.25) is 4.79 Å². The molecular formula is C14H26N2O2. The van der Waals surface area contributed by atoms with Gasteiger partial charge in [-0.2, -0.15) is 0 Å². The topological polar surface area (TPSA) is 64.3 Å². The van der Waals surface area contributed by atoms with Gasteiger partial charge in [0.1, 0.15) is 0 Å². The van der Waals surface area contributed by atoms with Crippen LogP contribution in [-0.2, 0) is 9.53 Å². The zero-order valence-corrected chi connectivity index (χ0v) is 11.8. The van der Waals surface area contributed by atoms with E-state index in [-0.39, 0.29) is 28.9 Å². The third-order valence-electron chi connectivity index (χ3n) is 5.20. The first-order valence-electron chi connectivity index (χ1n) is 7.00. The maximum absolute atomic E-state index is 12.5. The van der Waals surface area contributed by atoms with Crippen molar-refractivity contribution in [3.63, 3.8) is 0 Å². The van der Waals surface area contributed by atoms with E-state index in [1.165, 1.54) is 0 Å². The second-order valence-electron chi connectivity index (χ2n) is 6.50. The number of amides is 1. The lowest BCUT2D eigenvalue weighted by molar-refractivity contribution is -0.141. The molecule has 0 aromatic rings. The highest BCUT2D eigenvalue weighted by Gasteiger charge is 2.51. The number of nitrogens with two attached hydrogens (primary N) is 1. The lowest BCUT2D eigenvalue weighted by Gasteiger charge is -2.52. The van der Waals surface area contributed by atoms with Gasteiger partial charge < -0.3 is 15.8 Å². The summed E-state index contributed by atoms with van der Waals surface area (Å²) in [5.74, 6) is 0.162. The number of hydrogen-bond acceptors (Lipinski definition) is 3. The van der Waals surface area contributed by atoms with Gasteiger partial charge >= 0.3 is 0 Å². The van der Waals surface area contributed by atoms with E-state index in [9.17, 15) is 4.79 Å². The lowest BCUT2D eigenvalue weighted by atomic mass is 9.64. The van der Waals surface area contributed by atoms with Crippen molar-refractivity contribution in [3.8, 4) is 0 Å². The van der Waals surface area contributed by atoms with Gasteiger partial charge in [-0.25, -0.2) is 0 Å². The number of carbonyl (C=O) groups excluding carboxylic acids is 1. The highest BCUT2D eigenvalue weighted by Crippen LogP contribution is 2.44. The number of carbonyl (C=O) groups is 1. The molecule has 2 aliphatic rings. The van der Waals surface area contributed by atoms with Crippen molar-refractivity contribution in [1.82, 2.24) is 5.32 Å². The Hall–Kier alpha value is -0.610. The van der Waals surface area contributed by atoms with Crippen molar-refractivity contribution in [2.45, 2.75) is 58.1 Å². The van der Waals surface area contributed by atoms with E-state index in [1.54, 1.807) is 7.11 Å². The molecule has 2 unspecified atom stereocenters. The van der Waals surface area contributed by atoms with Crippen molar-refractivity contribution in [3.05, 3.63) is 0 Å². The third kappa shape index (κ3) is 2.05. The molecule has 0 aromatic heterocycles. The van der Waals surface area contributed by atoms with Crippen molar-refractivity contribution in [1.29, 1.82) is 0 Å². The molecule has 2 fully saturated rings. The number of methoxy groups -OCH3 is 1. The Morgan fingerprint density at radius 1 is 1.39 bits per heavy atom. The summed E-state index contributed by atoms with van der Waals surface area (Å²) >= 11 is 0. The smallest absolute Gasteiger partial charge is 0.227 e. The van der Waals surface area contributed by atoms with E-state index in [4.69, 9.17) is 10.5 Å². The fraction of sp³-hybridized carbons (Fsp3) is 0.929. The molecule has 0 heterocycles. The maximum Gasteiger partial charge on any atom is 0.227 e. The molecule has 0 radical (unpaired) electrons. The van der Waals surface area contributed by atoms with E-state index < -0.39 is 0 Å². The van der Waals surface area contributed by atoms with Crippen LogP contribution in [0.25, 0.3) is 0 Å². The summed E-state index contributed by atoms with van der Waals surface area (Å²) in [5.41, 5.74) is 5.57. The summed E-state index contributed by atoms with van der Waals surface area (Å²) in [6.07, 6.45) is 5.29. The molecule has 2 aliphatic carbocycles. The minimum absolute atomic E-state index is 0.0266. The fourth-order valence-electron chi connectivity index (χ4n) is 3.42. The highest BCUT2D eigenvalue weighted by molar-refractivity contribution is 5.83. The number of rotatable bonds is 4. The largest absolute Gasteiger partial charge is 0.381 e. The Balaban J connectivity index is 1.96. The molecule has 0 aliphatic heterocycles. The lowest BCUT2D eigenvalue weighted by Crippen LogP contribution is -2.63. The number of ether oxygens (including phenoxy) is 1. The average molecular weight is 254 g/mol. The molecule has 0 bridgehead atoms. The Bertz CT molecular complexity index is 322. The predicted octanol–water partition coefficient (Wildman–Crippen LogP) is 1.44. The van der Waals surface area contributed by atoms with Crippen LogP contribution in [0.2, 0.25) is 0 Å². The Kier molecular flexibility index (Phi) is 3.70. The minimum atomic E-state index is -0.297. The predicted molar refractivity (Wildman–Crippen MR) is 71.1 cm³/mol. The zero-order valence-electron chi connectivity index (χ0n) is 11.8. The monoisotopic (exact) mass is 254 g/mol. The molecule has 0 spiro atoms. The molecule has 1 amide bonds. The van der Waals surface area contributed by atoms with E-state index >= 15 is 0 Å². The quantitative estimate of drug-likeness (QED) is 0.798. The van der Waals surface area contributed by atoms with Crippen LogP contribution in [0.4, 0.5) is 0 Å². The molecule has 0 saturated heterocycles. The molecular weight excluding hydrogens is 228 g/mol. The van der Waals surface area contributed by atoms with Gasteiger partial charge in [-0.05, 0) is 19.3 Å². The second kappa shape index (κ2) is 4.82. The van der Waals surface area contributed by atoms with Gasteiger partial charge in [-0.1, -0.05) is 26.7 Å². The molecule has 2 rings (SSSR count). The first-order chi connectivity index (χ1) is 8.46. The summed E-state index contributed by atoms with van der Waals surface area (Å²) < 4.78 is 5.41. The normalized spacial score (nSPS) is 32.9. The standard InChI is InChI=1S/C14H26N2O2/c1-13(2)10(8-11(13)18-3)16-12(17)14(9-15)6-4-5-7-14/h10-11H,4-9,15H2,1-3H3,(H,16,17). The molecule has 3 N–H and O–H groups in total. The van der Waals surface area contributed by atoms with Crippen LogP contribution in [0.5, 0.6) is 0 Å². The molecule has 0 aromatic carbocycles. The molecule has 2 saturated carbocycles. The van der Waals surface area contributed by atoms with Gasteiger partial charge in [-0.15, -0.1) is 0 Å². The molecule has 18 heavy (non-hydrogen) atoms. The van der Waals surface area contributed by atoms with Crippen LogP contribution in [0.1, 0.15) is 46.0 Å². The maximum atomic E-state index is 12.5. The number of hydrogen-bond donors (Lipinski definition) is 2. The first-order valence-corrected chi connectivity index (χ1v) is 7.00. The summed E-state index contributed by atoms with van der Waals surface area (Å²) in [4.78, 5) is 12.5. The third-order valence-corrected chi connectivity index (χ3v) is 5.20. The van der Waals surface area contributed by atoms with Crippen LogP contribution in [0.3, 0.4) is 0 Å². The van der Waals surface area contributed by atoms with Crippen LogP contribution >= 0.6 is 0 Å². The van der Waals surface area contributed by atoms with Gasteiger partial charge in [0.15, 0.2) is 0 Å². The second-order valence-corrected chi connectivity index (χ2v) is 6.50. The van der Waals surface area contributed by atoms with E-state index in [0.717, 1.165) is 32.1 Å². The highest BCUT2D eigenvalue weighted by atomic mass is 16.5. The van der Waals surface area contributed by atoms with Crippen LogP contribution in [-0.4, -0.2) is 31.7 Å². The van der Waals surface area contributed by atoms with Gasteiger partial charge in [0.05, 0.1) is 11.5 Å². The van der Waals surface area contributed by atoms with Crippen LogP contribution < -0.4 is 11.1 Å². The van der Waals surface area contributed by atoms with E-state index in [2.05, 4.69) is 19.2 Å².